The number of aromatic nitrogens is 3. The van der Waals surface area contributed by atoms with E-state index in [1.54, 1.807) is 0 Å². The molecule has 1 aliphatic rings. The van der Waals surface area contributed by atoms with Crippen LogP contribution >= 0.6 is 0 Å². The van der Waals surface area contributed by atoms with Gasteiger partial charge in [-0.2, -0.15) is 0 Å². The number of fused-ring (bicyclic) bond motifs is 1. The Morgan fingerprint density at radius 3 is 2.65 bits per heavy atom. The number of nitrogens with zero attached hydrogens (tertiary/aromatic N) is 4. The smallest absolute Gasteiger partial charge is 0.137 e. The molecule has 5 heteroatoms. The SMILES string of the molecule is Cc1cccc2nc(-c3ccncc3)c(CN3CCNCC3)n12. The molecule has 0 atom stereocenters. The van der Waals surface area contributed by atoms with Crippen LogP contribution in [0.15, 0.2) is 42.7 Å². The molecule has 118 valence electrons. The highest BCUT2D eigenvalue weighted by Gasteiger charge is 2.19. The van der Waals surface area contributed by atoms with Crippen LogP contribution in [0.1, 0.15) is 11.4 Å². The fourth-order valence-corrected chi connectivity index (χ4v) is 3.29. The fourth-order valence-electron chi connectivity index (χ4n) is 3.29. The zero-order valence-electron chi connectivity index (χ0n) is 13.4. The van der Waals surface area contributed by atoms with Crippen LogP contribution in [0.3, 0.4) is 0 Å². The standard InChI is InChI=1S/C18H21N5/c1-14-3-2-4-17-21-18(15-5-7-19-8-6-15)16(23(14)17)13-22-11-9-20-10-12-22/h2-8,20H,9-13H2,1H3. The minimum absolute atomic E-state index is 0.922. The minimum Gasteiger partial charge on any atom is -0.314 e. The Labute approximate surface area is 136 Å². The lowest BCUT2D eigenvalue weighted by atomic mass is 10.1. The molecular formula is C18H21N5. The van der Waals surface area contributed by atoms with E-state index in [2.05, 4.69) is 44.7 Å². The van der Waals surface area contributed by atoms with Crippen LogP contribution in [-0.2, 0) is 6.54 Å². The summed E-state index contributed by atoms with van der Waals surface area (Å²) in [4.78, 5) is 11.5. The van der Waals surface area contributed by atoms with E-state index in [1.807, 2.05) is 24.5 Å². The van der Waals surface area contributed by atoms with E-state index < -0.39 is 0 Å². The molecule has 1 N–H and O–H groups in total. The number of hydrogen-bond donors (Lipinski definition) is 1. The molecule has 0 aliphatic carbocycles. The zero-order chi connectivity index (χ0) is 15.6. The first-order chi connectivity index (χ1) is 11.3. The minimum atomic E-state index is 0.922. The van der Waals surface area contributed by atoms with Gasteiger partial charge >= 0.3 is 0 Å². The predicted octanol–water partition coefficient (Wildman–Crippen LogP) is 2.11. The molecule has 3 aromatic rings. The van der Waals surface area contributed by atoms with Gasteiger partial charge in [0.2, 0.25) is 0 Å². The second kappa shape index (κ2) is 6.10. The van der Waals surface area contributed by atoms with Crippen molar-refractivity contribution in [2.45, 2.75) is 13.5 Å². The van der Waals surface area contributed by atoms with Crippen molar-refractivity contribution in [3.63, 3.8) is 0 Å². The second-order valence-corrected chi connectivity index (χ2v) is 6.03. The molecule has 1 fully saturated rings. The van der Waals surface area contributed by atoms with Gasteiger partial charge in [0, 0.05) is 56.4 Å². The molecule has 4 rings (SSSR count). The summed E-state index contributed by atoms with van der Waals surface area (Å²) in [7, 11) is 0. The third-order valence-electron chi connectivity index (χ3n) is 4.47. The van der Waals surface area contributed by atoms with Gasteiger partial charge in [-0.25, -0.2) is 4.98 Å². The van der Waals surface area contributed by atoms with Crippen molar-refractivity contribution in [3.05, 3.63) is 54.1 Å². The zero-order valence-corrected chi connectivity index (χ0v) is 13.4. The predicted molar refractivity (Wildman–Crippen MR) is 91.3 cm³/mol. The summed E-state index contributed by atoms with van der Waals surface area (Å²) < 4.78 is 2.29. The van der Waals surface area contributed by atoms with Crippen LogP contribution in [0.25, 0.3) is 16.9 Å². The van der Waals surface area contributed by atoms with Gasteiger partial charge in [0.05, 0.1) is 11.4 Å². The maximum atomic E-state index is 4.90. The summed E-state index contributed by atoms with van der Waals surface area (Å²) >= 11 is 0. The molecule has 0 saturated carbocycles. The van der Waals surface area contributed by atoms with Crippen molar-refractivity contribution < 1.29 is 0 Å². The summed E-state index contributed by atoms with van der Waals surface area (Å²) in [6.45, 7) is 7.34. The Kier molecular flexibility index (Phi) is 3.81. The molecule has 0 amide bonds. The average molecular weight is 307 g/mol. The number of nitrogens with one attached hydrogen (secondary N) is 1. The number of pyridine rings is 2. The van der Waals surface area contributed by atoms with E-state index in [1.165, 1.54) is 11.4 Å². The van der Waals surface area contributed by atoms with E-state index in [0.29, 0.717) is 0 Å². The molecule has 1 saturated heterocycles. The highest BCUT2D eigenvalue weighted by Crippen LogP contribution is 2.26. The summed E-state index contributed by atoms with van der Waals surface area (Å²) in [6, 6.07) is 10.4. The maximum Gasteiger partial charge on any atom is 0.137 e. The Bertz CT molecular complexity index is 803. The third kappa shape index (κ3) is 2.73. The number of hydrogen-bond acceptors (Lipinski definition) is 4. The Morgan fingerprint density at radius 1 is 1.09 bits per heavy atom. The molecule has 0 spiro atoms. The normalized spacial score (nSPS) is 16.0. The Balaban J connectivity index is 1.84. The van der Waals surface area contributed by atoms with Crippen molar-refractivity contribution >= 4 is 5.65 Å². The molecule has 1 aliphatic heterocycles. The molecule has 3 aromatic heterocycles. The molecule has 5 nitrogen and oxygen atoms in total. The van der Waals surface area contributed by atoms with Gasteiger partial charge in [0.15, 0.2) is 0 Å². The fraction of sp³-hybridized carbons (Fsp3) is 0.333. The van der Waals surface area contributed by atoms with Crippen LogP contribution in [0.5, 0.6) is 0 Å². The van der Waals surface area contributed by atoms with E-state index in [-0.39, 0.29) is 0 Å². The average Bonchev–Trinajstić information content (AvgIpc) is 2.96. The lowest BCUT2D eigenvalue weighted by molar-refractivity contribution is 0.230. The van der Waals surface area contributed by atoms with E-state index in [0.717, 1.165) is 49.6 Å². The lowest BCUT2D eigenvalue weighted by Crippen LogP contribution is -2.43. The van der Waals surface area contributed by atoms with Crippen LogP contribution in [-0.4, -0.2) is 45.4 Å². The number of rotatable bonds is 3. The highest BCUT2D eigenvalue weighted by molar-refractivity contribution is 5.66. The second-order valence-electron chi connectivity index (χ2n) is 6.03. The Morgan fingerprint density at radius 2 is 1.87 bits per heavy atom. The molecule has 0 aromatic carbocycles. The number of aryl methyl sites for hydroxylation is 1. The third-order valence-corrected chi connectivity index (χ3v) is 4.47. The van der Waals surface area contributed by atoms with Crippen molar-refractivity contribution in [2.75, 3.05) is 26.2 Å². The summed E-state index contributed by atoms with van der Waals surface area (Å²) in [5.74, 6) is 0. The molecule has 0 bridgehead atoms. The summed E-state index contributed by atoms with van der Waals surface area (Å²) in [5, 5.41) is 3.42. The van der Waals surface area contributed by atoms with Crippen LogP contribution < -0.4 is 5.32 Å². The van der Waals surface area contributed by atoms with Crippen LogP contribution in [0.2, 0.25) is 0 Å². The van der Waals surface area contributed by atoms with Gasteiger partial charge in [-0.1, -0.05) is 6.07 Å². The van der Waals surface area contributed by atoms with Gasteiger partial charge in [0.1, 0.15) is 5.65 Å². The van der Waals surface area contributed by atoms with Gasteiger partial charge < -0.3 is 5.32 Å². The van der Waals surface area contributed by atoms with E-state index >= 15 is 0 Å². The largest absolute Gasteiger partial charge is 0.314 e. The number of imidazole rings is 1. The number of piperazine rings is 1. The first-order valence-corrected chi connectivity index (χ1v) is 8.13. The first-order valence-electron chi connectivity index (χ1n) is 8.13. The molecule has 23 heavy (non-hydrogen) atoms. The molecule has 0 radical (unpaired) electrons. The highest BCUT2D eigenvalue weighted by atomic mass is 15.2. The lowest BCUT2D eigenvalue weighted by Gasteiger charge is -2.27. The van der Waals surface area contributed by atoms with E-state index in [4.69, 9.17) is 4.98 Å². The van der Waals surface area contributed by atoms with Crippen molar-refractivity contribution in [3.8, 4) is 11.3 Å². The van der Waals surface area contributed by atoms with Gasteiger partial charge in [-0.05, 0) is 31.2 Å². The summed E-state index contributed by atoms with van der Waals surface area (Å²) in [6.07, 6.45) is 3.67. The van der Waals surface area contributed by atoms with E-state index in [9.17, 15) is 0 Å². The van der Waals surface area contributed by atoms with Crippen LogP contribution in [0, 0.1) is 6.92 Å². The molecule has 4 heterocycles. The van der Waals surface area contributed by atoms with Crippen molar-refractivity contribution in [1.82, 2.24) is 24.6 Å². The summed E-state index contributed by atoms with van der Waals surface area (Å²) in [5.41, 5.74) is 5.71. The quantitative estimate of drug-likeness (QED) is 0.805. The maximum absolute atomic E-state index is 4.90. The van der Waals surface area contributed by atoms with Gasteiger partial charge in [0.25, 0.3) is 0 Å². The topological polar surface area (TPSA) is 45.5 Å². The van der Waals surface area contributed by atoms with Crippen molar-refractivity contribution in [2.24, 2.45) is 0 Å². The Hall–Kier alpha value is -2.24. The van der Waals surface area contributed by atoms with Gasteiger partial charge in [-0.3, -0.25) is 14.3 Å². The van der Waals surface area contributed by atoms with Crippen LogP contribution in [0.4, 0.5) is 0 Å². The van der Waals surface area contributed by atoms with Crippen molar-refractivity contribution in [1.29, 1.82) is 0 Å². The monoisotopic (exact) mass is 307 g/mol. The van der Waals surface area contributed by atoms with Gasteiger partial charge in [-0.15, -0.1) is 0 Å². The first kappa shape index (κ1) is 14.4. The molecular weight excluding hydrogens is 286 g/mol. The molecule has 0 unspecified atom stereocenters.